The van der Waals surface area contributed by atoms with Crippen LogP contribution in [-0.4, -0.2) is 15.0 Å². The first-order valence-electron chi connectivity index (χ1n) is 3.77. The molecule has 0 bridgehead atoms. The lowest BCUT2D eigenvalue weighted by atomic mass is 10.2. The molecular weight excluding hydrogens is 170 g/mol. The fourth-order valence-electron chi connectivity index (χ4n) is 0.920. The third-order valence-corrected chi connectivity index (χ3v) is 2.27. The zero-order chi connectivity index (χ0) is 8.55. The van der Waals surface area contributed by atoms with Crippen LogP contribution in [0.1, 0.15) is 25.6 Å². The Bertz CT molecular complexity index is 394. The second-order valence-corrected chi connectivity index (χ2v) is 3.70. The Kier molecular flexibility index (Phi) is 1.77. The van der Waals surface area contributed by atoms with E-state index in [2.05, 4.69) is 34.3 Å². The summed E-state index contributed by atoms with van der Waals surface area (Å²) < 4.78 is 0.999. The zero-order valence-corrected chi connectivity index (χ0v) is 7.72. The quantitative estimate of drug-likeness (QED) is 0.670. The van der Waals surface area contributed by atoms with Gasteiger partial charge in [-0.15, -0.1) is 11.3 Å². The van der Waals surface area contributed by atoms with E-state index in [1.807, 2.05) is 6.20 Å². The number of fused-ring (bicyclic) bond motifs is 1. The highest BCUT2D eigenvalue weighted by molar-refractivity contribution is 7.16. The van der Waals surface area contributed by atoms with Gasteiger partial charge in [-0.1, -0.05) is 13.8 Å². The molecule has 0 saturated heterocycles. The third-order valence-electron chi connectivity index (χ3n) is 1.58. The molecule has 2 rings (SSSR count). The molecule has 0 aromatic carbocycles. The maximum atomic E-state index is 4.29. The molecule has 61 valence electrons. The molecule has 0 N–H and O–H groups in total. The van der Waals surface area contributed by atoms with Crippen LogP contribution in [0.5, 0.6) is 0 Å². The number of hydrogen-bond acceptors (Lipinski definition) is 4. The van der Waals surface area contributed by atoms with Crippen LogP contribution in [0, 0.1) is 5.51 Å². The maximum absolute atomic E-state index is 4.29. The molecule has 4 heteroatoms. The molecule has 2 aromatic heterocycles. The smallest absolute Gasteiger partial charge is 0.174 e. The Morgan fingerprint density at radius 1 is 1.50 bits per heavy atom. The molecule has 0 aliphatic rings. The first-order chi connectivity index (χ1) is 5.77. The molecule has 0 spiro atoms. The summed E-state index contributed by atoms with van der Waals surface area (Å²) in [6.45, 7) is 4.13. The third kappa shape index (κ3) is 1.18. The van der Waals surface area contributed by atoms with Gasteiger partial charge in [0.1, 0.15) is 5.82 Å². The second kappa shape index (κ2) is 2.79. The molecule has 12 heavy (non-hydrogen) atoms. The fraction of sp³-hybridized carbons (Fsp3) is 0.375. The van der Waals surface area contributed by atoms with E-state index < -0.39 is 0 Å². The fourth-order valence-corrected chi connectivity index (χ4v) is 1.44. The summed E-state index contributed by atoms with van der Waals surface area (Å²) in [6.07, 6.45) is 1.81. The van der Waals surface area contributed by atoms with Crippen LogP contribution in [0.4, 0.5) is 0 Å². The summed E-state index contributed by atoms with van der Waals surface area (Å²) >= 11 is 1.45. The molecule has 2 aromatic rings. The molecule has 0 saturated carbocycles. The Labute approximate surface area is 74.5 Å². The van der Waals surface area contributed by atoms with Gasteiger partial charge in [0, 0.05) is 5.92 Å². The monoisotopic (exact) mass is 178 g/mol. The van der Waals surface area contributed by atoms with Crippen LogP contribution < -0.4 is 0 Å². The van der Waals surface area contributed by atoms with Crippen LogP contribution in [0.25, 0.3) is 10.3 Å². The zero-order valence-electron chi connectivity index (χ0n) is 6.90. The minimum absolute atomic E-state index is 0.357. The molecule has 0 aliphatic carbocycles. The molecular formula is C8H8N3S. The van der Waals surface area contributed by atoms with Gasteiger partial charge in [0.05, 0.1) is 10.9 Å². The highest BCUT2D eigenvalue weighted by Gasteiger charge is 2.04. The summed E-state index contributed by atoms with van der Waals surface area (Å²) in [6, 6.07) is 0. The average Bonchev–Trinajstić information content (AvgIpc) is 2.49. The van der Waals surface area contributed by atoms with Crippen molar-refractivity contribution in [1.82, 2.24) is 15.0 Å². The summed E-state index contributed by atoms with van der Waals surface area (Å²) in [5.74, 6) is 1.21. The summed E-state index contributed by atoms with van der Waals surface area (Å²) in [5.41, 5.74) is 3.56. The van der Waals surface area contributed by atoms with E-state index in [4.69, 9.17) is 0 Å². The summed E-state index contributed by atoms with van der Waals surface area (Å²) in [4.78, 5) is 12.5. The van der Waals surface area contributed by atoms with E-state index in [1.165, 1.54) is 11.3 Å². The van der Waals surface area contributed by atoms with Gasteiger partial charge in [0.25, 0.3) is 0 Å². The van der Waals surface area contributed by atoms with Crippen molar-refractivity contribution in [3.63, 3.8) is 0 Å². The molecule has 0 atom stereocenters. The topological polar surface area (TPSA) is 38.7 Å². The van der Waals surface area contributed by atoms with Gasteiger partial charge in [0.15, 0.2) is 11.2 Å². The van der Waals surface area contributed by atoms with Gasteiger partial charge >= 0.3 is 0 Å². The molecule has 0 fully saturated rings. The Morgan fingerprint density at radius 3 is 3.08 bits per heavy atom. The van der Waals surface area contributed by atoms with E-state index in [-0.39, 0.29) is 0 Å². The number of hydrogen-bond donors (Lipinski definition) is 0. The Balaban J connectivity index is 2.60. The molecule has 0 aliphatic heterocycles. The molecule has 2 heterocycles. The second-order valence-electron chi connectivity index (χ2n) is 2.88. The van der Waals surface area contributed by atoms with Crippen molar-refractivity contribution >= 4 is 21.7 Å². The van der Waals surface area contributed by atoms with Crippen LogP contribution in [-0.2, 0) is 0 Å². The number of rotatable bonds is 1. The SMILES string of the molecule is CC(C)c1ncc2s[c]nc2n1. The molecule has 1 radical (unpaired) electrons. The minimum Gasteiger partial charge on any atom is -0.239 e. The number of aromatic nitrogens is 3. The maximum Gasteiger partial charge on any atom is 0.174 e. The van der Waals surface area contributed by atoms with Crippen molar-refractivity contribution < 1.29 is 0 Å². The summed E-state index contributed by atoms with van der Waals surface area (Å²) in [5, 5.41) is 0. The lowest BCUT2D eigenvalue weighted by molar-refractivity contribution is 0.781. The minimum atomic E-state index is 0.357. The summed E-state index contributed by atoms with van der Waals surface area (Å²) in [7, 11) is 0. The van der Waals surface area contributed by atoms with Crippen molar-refractivity contribution in [2.45, 2.75) is 19.8 Å². The van der Waals surface area contributed by atoms with E-state index in [9.17, 15) is 0 Å². The first-order valence-corrected chi connectivity index (χ1v) is 4.58. The van der Waals surface area contributed by atoms with Crippen molar-refractivity contribution in [2.24, 2.45) is 0 Å². The molecule has 0 unspecified atom stereocenters. The van der Waals surface area contributed by atoms with Crippen molar-refractivity contribution in [3.8, 4) is 0 Å². The van der Waals surface area contributed by atoms with Gasteiger partial charge in [0.2, 0.25) is 0 Å². The first kappa shape index (κ1) is 7.61. The number of nitrogens with zero attached hydrogens (tertiary/aromatic N) is 3. The largest absolute Gasteiger partial charge is 0.239 e. The van der Waals surface area contributed by atoms with E-state index in [0.29, 0.717) is 5.92 Å². The van der Waals surface area contributed by atoms with Gasteiger partial charge in [-0.25, -0.2) is 15.0 Å². The van der Waals surface area contributed by atoms with Gasteiger partial charge in [-0.3, -0.25) is 0 Å². The normalized spacial score (nSPS) is 11.2. The van der Waals surface area contributed by atoms with Crippen LogP contribution in [0.3, 0.4) is 0 Å². The Hall–Kier alpha value is -1.03. The predicted octanol–water partition coefficient (Wildman–Crippen LogP) is 2.01. The van der Waals surface area contributed by atoms with E-state index >= 15 is 0 Å². The lowest BCUT2D eigenvalue weighted by Crippen LogP contribution is -1.95. The highest BCUT2D eigenvalue weighted by Crippen LogP contribution is 2.16. The standard InChI is InChI=1S/C8H8N3S/c1-5(2)7-9-3-6-8(11-7)10-4-12-6/h3,5H,1-2H3. The van der Waals surface area contributed by atoms with Crippen molar-refractivity contribution in [1.29, 1.82) is 0 Å². The highest BCUT2D eigenvalue weighted by atomic mass is 32.1. The van der Waals surface area contributed by atoms with Gasteiger partial charge in [-0.2, -0.15) is 0 Å². The Morgan fingerprint density at radius 2 is 2.33 bits per heavy atom. The van der Waals surface area contributed by atoms with Crippen molar-refractivity contribution in [3.05, 3.63) is 17.5 Å². The van der Waals surface area contributed by atoms with Gasteiger partial charge < -0.3 is 0 Å². The molecule has 0 amide bonds. The number of thiazole rings is 1. The van der Waals surface area contributed by atoms with Crippen LogP contribution >= 0.6 is 11.3 Å². The predicted molar refractivity (Wildman–Crippen MR) is 48.1 cm³/mol. The van der Waals surface area contributed by atoms with Crippen LogP contribution in [0.2, 0.25) is 0 Å². The van der Waals surface area contributed by atoms with Crippen LogP contribution in [0.15, 0.2) is 6.20 Å². The van der Waals surface area contributed by atoms with Crippen molar-refractivity contribution in [2.75, 3.05) is 0 Å². The molecule has 3 nitrogen and oxygen atoms in total. The van der Waals surface area contributed by atoms with E-state index in [1.54, 1.807) is 0 Å². The van der Waals surface area contributed by atoms with E-state index in [0.717, 1.165) is 16.2 Å². The average molecular weight is 178 g/mol. The lowest BCUT2D eigenvalue weighted by Gasteiger charge is -2.00. The van der Waals surface area contributed by atoms with Gasteiger partial charge in [-0.05, 0) is 0 Å².